The van der Waals surface area contributed by atoms with E-state index in [1.54, 1.807) is 0 Å². The van der Waals surface area contributed by atoms with Crippen molar-refractivity contribution in [2.24, 2.45) is 0 Å². The molecule has 0 saturated heterocycles. The van der Waals surface area contributed by atoms with E-state index in [1.165, 1.54) is 0 Å². The first kappa shape index (κ1) is 15.5. The van der Waals surface area contributed by atoms with Gasteiger partial charge < -0.3 is 5.32 Å². The van der Waals surface area contributed by atoms with Crippen molar-refractivity contribution in [1.82, 2.24) is 5.32 Å². The average Bonchev–Trinajstić information content (AvgIpc) is 2.37. The topological polar surface area (TPSA) is 72.2 Å². The molecule has 0 saturated carbocycles. The van der Waals surface area contributed by atoms with Crippen LogP contribution in [0.4, 0.5) is 5.69 Å². The van der Waals surface area contributed by atoms with Gasteiger partial charge in [0.05, 0.1) is 20.5 Å². The lowest BCUT2D eigenvalue weighted by Crippen LogP contribution is -2.24. The molecule has 0 bridgehead atoms. The van der Waals surface area contributed by atoms with Crippen LogP contribution >= 0.6 is 23.2 Å². The van der Waals surface area contributed by atoms with Gasteiger partial charge >= 0.3 is 0 Å². The molecule has 1 N–H and O–H groups in total. The second-order valence-corrected chi connectivity index (χ2v) is 4.45. The molecular weight excluding hydrogens is 291 g/mol. The molecule has 0 heterocycles. The molecule has 0 aliphatic carbocycles. The van der Waals surface area contributed by atoms with Gasteiger partial charge in [-0.05, 0) is 13.3 Å². The van der Waals surface area contributed by atoms with Crippen molar-refractivity contribution in [2.45, 2.75) is 13.3 Å². The third-order valence-corrected chi connectivity index (χ3v) is 3.10. The van der Waals surface area contributed by atoms with E-state index >= 15 is 0 Å². The first-order chi connectivity index (χ1) is 8.97. The zero-order chi connectivity index (χ0) is 14.4. The maximum absolute atomic E-state index is 11.9. The van der Waals surface area contributed by atoms with Crippen molar-refractivity contribution < 1.29 is 9.72 Å². The predicted molar refractivity (Wildman–Crippen MR) is 74.9 cm³/mol. The average molecular weight is 303 g/mol. The van der Waals surface area contributed by atoms with Gasteiger partial charge in [0.1, 0.15) is 0 Å². The lowest BCUT2D eigenvalue weighted by Gasteiger charge is -2.06. The number of nitrogens with one attached hydrogen (secondary N) is 1. The smallest absolute Gasteiger partial charge is 0.271 e. The number of hydrogen-bond acceptors (Lipinski definition) is 3. The van der Waals surface area contributed by atoms with Crippen LogP contribution in [0.2, 0.25) is 10.0 Å². The minimum atomic E-state index is -0.626. The first-order valence-electron chi connectivity index (χ1n) is 5.50. The molecule has 1 aromatic carbocycles. The van der Waals surface area contributed by atoms with Crippen molar-refractivity contribution in [3.05, 3.63) is 50.0 Å². The highest BCUT2D eigenvalue weighted by Crippen LogP contribution is 2.30. The van der Waals surface area contributed by atoms with Crippen LogP contribution in [0.5, 0.6) is 0 Å². The lowest BCUT2D eigenvalue weighted by molar-refractivity contribution is -0.384. The van der Waals surface area contributed by atoms with E-state index in [0.717, 1.165) is 12.1 Å². The standard InChI is InChI=1S/C12H12Cl2N2O3/c1-2-3-4-5-15-12(17)9-6-8(16(18)19)7-10(13)11(9)14/h2-3,6-7H,4-5H2,1H3,(H,15,17)/b3-2+. The zero-order valence-corrected chi connectivity index (χ0v) is 11.7. The second kappa shape index (κ2) is 7.11. The van der Waals surface area contributed by atoms with Crippen LogP contribution in [-0.2, 0) is 0 Å². The van der Waals surface area contributed by atoms with Crippen molar-refractivity contribution in [2.75, 3.05) is 6.54 Å². The van der Waals surface area contributed by atoms with Crippen LogP contribution < -0.4 is 5.32 Å². The second-order valence-electron chi connectivity index (χ2n) is 3.66. The molecule has 7 heteroatoms. The number of benzene rings is 1. The Hall–Kier alpha value is -1.59. The third kappa shape index (κ3) is 4.22. The van der Waals surface area contributed by atoms with Crippen molar-refractivity contribution in [1.29, 1.82) is 0 Å². The lowest BCUT2D eigenvalue weighted by atomic mass is 10.2. The Labute approximate surface area is 120 Å². The molecule has 1 rings (SSSR count). The number of nitro groups is 1. The number of carbonyl (C=O) groups excluding carboxylic acids is 1. The number of nitrogens with zero attached hydrogens (tertiary/aromatic N) is 1. The van der Waals surface area contributed by atoms with E-state index in [4.69, 9.17) is 23.2 Å². The van der Waals surface area contributed by atoms with Gasteiger partial charge in [-0.1, -0.05) is 35.4 Å². The van der Waals surface area contributed by atoms with Crippen LogP contribution in [0.1, 0.15) is 23.7 Å². The van der Waals surface area contributed by atoms with Crippen LogP contribution in [0.25, 0.3) is 0 Å². The summed E-state index contributed by atoms with van der Waals surface area (Å²) in [5, 5.41) is 13.3. The highest BCUT2D eigenvalue weighted by molar-refractivity contribution is 6.44. The Kier molecular flexibility index (Phi) is 5.79. The molecule has 0 radical (unpaired) electrons. The molecule has 0 spiro atoms. The minimum Gasteiger partial charge on any atom is -0.352 e. The SMILES string of the molecule is C/C=C/CCNC(=O)c1cc([N+](=O)[O-])cc(Cl)c1Cl. The fourth-order valence-electron chi connectivity index (χ4n) is 1.38. The van der Waals surface area contributed by atoms with Crippen molar-refractivity contribution in [3.63, 3.8) is 0 Å². The van der Waals surface area contributed by atoms with Gasteiger partial charge in [-0.3, -0.25) is 14.9 Å². The van der Waals surface area contributed by atoms with Gasteiger partial charge in [-0.2, -0.15) is 0 Å². The summed E-state index contributed by atoms with van der Waals surface area (Å²) >= 11 is 11.6. The summed E-state index contributed by atoms with van der Waals surface area (Å²) in [5.74, 6) is -0.486. The minimum absolute atomic E-state index is 0.00125. The zero-order valence-electron chi connectivity index (χ0n) is 10.2. The Morgan fingerprint density at radius 2 is 2.16 bits per heavy atom. The number of rotatable bonds is 5. The molecule has 19 heavy (non-hydrogen) atoms. The molecule has 0 aromatic heterocycles. The van der Waals surface area contributed by atoms with Gasteiger partial charge in [0.2, 0.25) is 0 Å². The summed E-state index contributed by atoms with van der Waals surface area (Å²) in [6, 6.07) is 2.22. The molecule has 102 valence electrons. The third-order valence-electron chi connectivity index (χ3n) is 2.30. The number of amides is 1. The monoisotopic (exact) mass is 302 g/mol. The molecule has 1 aromatic rings. The van der Waals surface area contributed by atoms with Crippen LogP contribution in [0, 0.1) is 10.1 Å². The van der Waals surface area contributed by atoms with E-state index in [0.29, 0.717) is 13.0 Å². The molecule has 0 atom stereocenters. The Balaban J connectivity index is 2.92. The van der Waals surface area contributed by atoms with Gasteiger partial charge in [-0.25, -0.2) is 0 Å². The van der Waals surface area contributed by atoms with E-state index in [9.17, 15) is 14.9 Å². The highest BCUT2D eigenvalue weighted by Gasteiger charge is 2.18. The number of carbonyl (C=O) groups is 1. The normalized spacial score (nSPS) is 10.7. The van der Waals surface area contributed by atoms with Gasteiger partial charge in [0.15, 0.2) is 0 Å². The summed E-state index contributed by atoms with van der Waals surface area (Å²) < 4.78 is 0. The molecule has 5 nitrogen and oxygen atoms in total. The van der Waals surface area contributed by atoms with E-state index in [2.05, 4.69) is 5.32 Å². The predicted octanol–water partition coefficient (Wildman–Crippen LogP) is 3.60. The van der Waals surface area contributed by atoms with E-state index in [-0.39, 0.29) is 21.3 Å². The Morgan fingerprint density at radius 1 is 1.47 bits per heavy atom. The van der Waals surface area contributed by atoms with Crippen molar-refractivity contribution >= 4 is 34.8 Å². The van der Waals surface area contributed by atoms with Crippen molar-refractivity contribution in [3.8, 4) is 0 Å². The summed E-state index contributed by atoms with van der Waals surface area (Å²) in [5.41, 5.74) is -0.269. The van der Waals surface area contributed by atoms with Crippen LogP contribution in [-0.4, -0.2) is 17.4 Å². The number of non-ortho nitro benzene ring substituents is 1. The first-order valence-corrected chi connectivity index (χ1v) is 6.25. The maximum atomic E-state index is 11.9. The maximum Gasteiger partial charge on any atom is 0.271 e. The molecule has 0 aliphatic heterocycles. The summed E-state index contributed by atoms with van der Waals surface area (Å²) in [6.45, 7) is 2.29. The molecule has 1 amide bonds. The number of nitro benzene ring substituents is 1. The van der Waals surface area contributed by atoms with Crippen LogP contribution in [0.15, 0.2) is 24.3 Å². The number of allylic oxidation sites excluding steroid dienone is 1. The van der Waals surface area contributed by atoms with Crippen LogP contribution in [0.3, 0.4) is 0 Å². The Bertz CT molecular complexity index is 530. The fraction of sp³-hybridized carbons (Fsp3) is 0.250. The number of hydrogen-bond donors (Lipinski definition) is 1. The Morgan fingerprint density at radius 3 is 2.74 bits per heavy atom. The highest BCUT2D eigenvalue weighted by atomic mass is 35.5. The van der Waals surface area contributed by atoms with E-state index in [1.807, 2.05) is 19.1 Å². The van der Waals surface area contributed by atoms with E-state index < -0.39 is 10.8 Å². The molecular formula is C12H12Cl2N2O3. The molecule has 0 aliphatic rings. The fourth-order valence-corrected chi connectivity index (χ4v) is 1.78. The summed E-state index contributed by atoms with van der Waals surface area (Å²) in [6.07, 6.45) is 4.42. The largest absolute Gasteiger partial charge is 0.352 e. The van der Waals surface area contributed by atoms with Gasteiger partial charge in [0, 0.05) is 18.7 Å². The van der Waals surface area contributed by atoms with Gasteiger partial charge in [0.25, 0.3) is 11.6 Å². The summed E-state index contributed by atoms with van der Waals surface area (Å²) in [7, 11) is 0. The number of halogens is 2. The molecule has 0 fully saturated rings. The molecule has 0 unspecified atom stereocenters. The van der Waals surface area contributed by atoms with Gasteiger partial charge in [-0.15, -0.1) is 0 Å². The summed E-state index contributed by atoms with van der Waals surface area (Å²) in [4.78, 5) is 21.9. The quantitative estimate of drug-likeness (QED) is 0.391.